The summed E-state index contributed by atoms with van der Waals surface area (Å²) >= 11 is 0. The number of hydrogen-bond acceptors (Lipinski definition) is 3. The first-order chi connectivity index (χ1) is 9.18. The van der Waals surface area contributed by atoms with Gasteiger partial charge in [-0.05, 0) is 31.7 Å². The highest BCUT2D eigenvalue weighted by Crippen LogP contribution is 2.08. The number of hydrogen-bond donors (Lipinski definition) is 0. The fourth-order valence-electron chi connectivity index (χ4n) is 1.81. The van der Waals surface area contributed by atoms with Gasteiger partial charge in [-0.2, -0.15) is 0 Å². The zero-order chi connectivity index (χ0) is 13.9. The second kappa shape index (κ2) is 9.56. The van der Waals surface area contributed by atoms with E-state index >= 15 is 0 Å². The molecule has 3 heteroatoms. The molecule has 19 heavy (non-hydrogen) atoms. The lowest BCUT2D eigenvalue weighted by molar-refractivity contribution is -0.142. The fourth-order valence-corrected chi connectivity index (χ4v) is 1.81. The van der Waals surface area contributed by atoms with Crippen molar-refractivity contribution in [1.29, 1.82) is 0 Å². The van der Waals surface area contributed by atoms with Gasteiger partial charge in [-0.25, -0.2) is 0 Å². The van der Waals surface area contributed by atoms with Crippen LogP contribution >= 0.6 is 0 Å². The molecule has 0 N–H and O–H groups in total. The summed E-state index contributed by atoms with van der Waals surface area (Å²) < 4.78 is 10.1. The number of esters is 1. The molecule has 0 bridgehead atoms. The van der Waals surface area contributed by atoms with Gasteiger partial charge < -0.3 is 9.47 Å². The van der Waals surface area contributed by atoms with Crippen LogP contribution in [0.25, 0.3) is 0 Å². The average molecular weight is 264 g/mol. The maximum atomic E-state index is 10.5. The standard InChI is InChI=1S/C16H24O3/c1-14-7-9-16(10-8-14)6-4-3-5-11-18-12-13-19-15(2)17/h7-10H,3-6,11-13H2,1-2H3. The molecule has 3 nitrogen and oxygen atoms in total. The van der Waals surface area contributed by atoms with E-state index in [4.69, 9.17) is 9.47 Å². The Morgan fingerprint density at radius 3 is 2.42 bits per heavy atom. The molecule has 1 aromatic carbocycles. The van der Waals surface area contributed by atoms with Crippen LogP contribution in [0.4, 0.5) is 0 Å². The van der Waals surface area contributed by atoms with Crippen LogP contribution in [0, 0.1) is 6.92 Å². The van der Waals surface area contributed by atoms with Crippen LogP contribution in [-0.2, 0) is 20.7 Å². The molecule has 0 aliphatic rings. The number of unbranched alkanes of at least 4 members (excludes halogenated alkanes) is 2. The summed E-state index contributed by atoms with van der Waals surface area (Å²) in [5.41, 5.74) is 2.71. The lowest BCUT2D eigenvalue weighted by Crippen LogP contribution is -2.08. The molecule has 0 saturated heterocycles. The van der Waals surface area contributed by atoms with Crippen LogP contribution in [0.15, 0.2) is 24.3 Å². The molecule has 1 rings (SSSR count). The number of aryl methyl sites for hydroxylation is 2. The Morgan fingerprint density at radius 1 is 1.00 bits per heavy atom. The lowest BCUT2D eigenvalue weighted by Gasteiger charge is -2.05. The quantitative estimate of drug-likeness (QED) is 0.507. The van der Waals surface area contributed by atoms with Crippen molar-refractivity contribution in [1.82, 2.24) is 0 Å². The van der Waals surface area contributed by atoms with Crippen molar-refractivity contribution in [3.8, 4) is 0 Å². The predicted molar refractivity (Wildman–Crippen MR) is 76.2 cm³/mol. The van der Waals surface area contributed by atoms with Crippen molar-refractivity contribution in [2.75, 3.05) is 19.8 Å². The second-order valence-corrected chi connectivity index (χ2v) is 4.75. The van der Waals surface area contributed by atoms with Gasteiger partial charge in [0, 0.05) is 13.5 Å². The van der Waals surface area contributed by atoms with Gasteiger partial charge in [-0.1, -0.05) is 36.2 Å². The smallest absolute Gasteiger partial charge is 0.302 e. The molecule has 106 valence electrons. The molecule has 1 aromatic rings. The average Bonchev–Trinajstić information content (AvgIpc) is 2.38. The Hall–Kier alpha value is -1.35. The van der Waals surface area contributed by atoms with Crippen LogP contribution in [-0.4, -0.2) is 25.8 Å². The van der Waals surface area contributed by atoms with Gasteiger partial charge in [0.15, 0.2) is 0 Å². The van der Waals surface area contributed by atoms with E-state index in [1.807, 2.05) is 0 Å². The Morgan fingerprint density at radius 2 is 1.74 bits per heavy atom. The van der Waals surface area contributed by atoms with E-state index in [1.54, 1.807) is 0 Å². The Balaban J connectivity index is 1.91. The summed E-state index contributed by atoms with van der Waals surface area (Å²) in [6.45, 7) is 5.12. The normalized spacial score (nSPS) is 10.4. The molecule has 0 aliphatic heterocycles. The molecule has 0 heterocycles. The third-order valence-electron chi connectivity index (χ3n) is 2.91. The van der Waals surface area contributed by atoms with E-state index in [2.05, 4.69) is 31.2 Å². The van der Waals surface area contributed by atoms with Crippen LogP contribution < -0.4 is 0 Å². The molecule has 0 amide bonds. The maximum Gasteiger partial charge on any atom is 0.302 e. The monoisotopic (exact) mass is 264 g/mol. The molecule has 0 unspecified atom stereocenters. The van der Waals surface area contributed by atoms with E-state index < -0.39 is 0 Å². The van der Waals surface area contributed by atoms with Crippen LogP contribution in [0.2, 0.25) is 0 Å². The van der Waals surface area contributed by atoms with Crippen molar-refractivity contribution in [2.45, 2.75) is 39.5 Å². The predicted octanol–water partition coefficient (Wildman–Crippen LogP) is 3.29. The zero-order valence-corrected chi connectivity index (χ0v) is 12.0. The zero-order valence-electron chi connectivity index (χ0n) is 12.0. The first-order valence-electron chi connectivity index (χ1n) is 6.95. The summed E-state index contributed by atoms with van der Waals surface area (Å²) in [5, 5.41) is 0. The molecule has 0 fully saturated rings. The molecule has 0 saturated carbocycles. The highest BCUT2D eigenvalue weighted by molar-refractivity contribution is 5.65. The minimum atomic E-state index is -0.248. The van der Waals surface area contributed by atoms with Crippen LogP contribution in [0.5, 0.6) is 0 Å². The third-order valence-corrected chi connectivity index (χ3v) is 2.91. The highest BCUT2D eigenvalue weighted by Gasteiger charge is 1.95. The van der Waals surface area contributed by atoms with Gasteiger partial charge in [-0.15, -0.1) is 0 Å². The summed E-state index contributed by atoms with van der Waals surface area (Å²) in [7, 11) is 0. The molecular weight excluding hydrogens is 240 g/mol. The number of benzene rings is 1. The van der Waals surface area contributed by atoms with E-state index in [9.17, 15) is 4.79 Å². The van der Waals surface area contributed by atoms with E-state index in [-0.39, 0.29) is 5.97 Å². The summed E-state index contributed by atoms with van der Waals surface area (Å²) in [6.07, 6.45) is 4.55. The van der Waals surface area contributed by atoms with Gasteiger partial charge in [0.2, 0.25) is 0 Å². The Kier molecular flexibility index (Phi) is 7.91. The molecule has 0 atom stereocenters. The first-order valence-corrected chi connectivity index (χ1v) is 6.95. The first kappa shape index (κ1) is 15.7. The Bertz CT molecular complexity index is 357. The van der Waals surface area contributed by atoms with Crippen LogP contribution in [0.3, 0.4) is 0 Å². The SMILES string of the molecule is CC(=O)OCCOCCCCCc1ccc(C)cc1. The second-order valence-electron chi connectivity index (χ2n) is 4.75. The van der Waals surface area contributed by atoms with Crippen molar-refractivity contribution in [3.63, 3.8) is 0 Å². The van der Waals surface area contributed by atoms with Gasteiger partial charge in [0.1, 0.15) is 6.61 Å². The van der Waals surface area contributed by atoms with Crippen molar-refractivity contribution in [2.24, 2.45) is 0 Å². The molecular formula is C16H24O3. The molecule has 0 radical (unpaired) electrons. The minimum Gasteiger partial charge on any atom is -0.463 e. The third kappa shape index (κ3) is 8.38. The molecule has 0 aliphatic carbocycles. The van der Waals surface area contributed by atoms with E-state index in [0.717, 1.165) is 19.4 Å². The number of carbonyl (C=O) groups is 1. The van der Waals surface area contributed by atoms with Gasteiger partial charge in [0.25, 0.3) is 0 Å². The summed E-state index contributed by atoms with van der Waals surface area (Å²) in [4.78, 5) is 10.5. The van der Waals surface area contributed by atoms with Crippen molar-refractivity contribution < 1.29 is 14.3 Å². The Labute approximate surface area is 115 Å². The molecule has 0 aromatic heterocycles. The van der Waals surface area contributed by atoms with Gasteiger partial charge in [0.05, 0.1) is 6.61 Å². The number of rotatable bonds is 9. The van der Waals surface area contributed by atoms with E-state index in [1.165, 1.54) is 30.9 Å². The minimum absolute atomic E-state index is 0.248. The number of ether oxygens (including phenoxy) is 2. The topological polar surface area (TPSA) is 35.5 Å². The molecule has 0 spiro atoms. The van der Waals surface area contributed by atoms with Crippen molar-refractivity contribution >= 4 is 5.97 Å². The van der Waals surface area contributed by atoms with Gasteiger partial charge >= 0.3 is 5.97 Å². The van der Waals surface area contributed by atoms with Gasteiger partial charge in [-0.3, -0.25) is 4.79 Å². The summed E-state index contributed by atoms with van der Waals surface area (Å²) in [6, 6.07) is 8.72. The fraction of sp³-hybridized carbons (Fsp3) is 0.562. The number of carbonyl (C=O) groups excluding carboxylic acids is 1. The lowest BCUT2D eigenvalue weighted by atomic mass is 10.1. The maximum absolute atomic E-state index is 10.5. The highest BCUT2D eigenvalue weighted by atomic mass is 16.6. The van der Waals surface area contributed by atoms with E-state index in [0.29, 0.717) is 13.2 Å². The van der Waals surface area contributed by atoms with Crippen LogP contribution in [0.1, 0.15) is 37.3 Å². The largest absolute Gasteiger partial charge is 0.463 e. The summed E-state index contributed by atoms with van der Waals surface area (Å²) in [5.74, 6) is -0.248. The van der Waals surface area contributed by atoms with Crippen molar-refractivity contribution in [3.05, 3.63) is 35.4 Å².